The van der Waals surface area contributed by atoms with E-state index in [9.17, 15) is 9.18 Å². The van der Waals surface area contributed by atoms with E-state index in [2.05, 4.69) is 4.98 Å². The molecule has 1 aromatic heterocycles. The number of rotatable bonds is 2. The van der Waals surface area contributed by atoms with E-state index in [-0.39, 0.29) is 16.4 Å². The minimum absolute atomic E-state index is 0.00910. The maximum atomic E-state index is 13.1. The van der Waals surface area contributed by atoms with Crippen molar-refractivity contribution in [1.29, 1.82) is 0 Å². The highest BCUT2D eigenvalue weighted by molar-refractivity contribution is 6.31. The first-order chi connectivity index (χ1) is 8.49. The summed E-state index contributed by atoms with van der Waals surface area (Å²) in [5.41, 5.74) is 6.22. The molecule has 0 unspecified atom stereocenters. The number of carbonyl (C=O) groups is 1. The fourth-order valence-corrected chi connectivity index (χ4v) is 1.72. The number of carboxylic acid groups (broad SMARTS) is 1. The van der Waals surface area contributed by atoms with Gasteiger partial charge in [-0.3, -0.25) is 0 Å². The van der Waals surface area contributed by atoms with Crippen molar-refractivity contribution >= 4 is 23.4 Å². The first kappa shape index (κ1) is 12.3. The van der Waals surface area contributed by atoms with Gasteiger partial charge in [-0.05, 0) is 23.8 Å². The van der Waals surface area contributed by atoms with E-state index in [1.54, 1.807) is 0 Å². The van der Waals surface area contributed by atoms with Gasteiger partial charge in [0, 0.05) is 11.8 Å². The van der Waals surface area contributed by atoms with E-state index in [0.717, 1.165) is 0 Å². The molecule has 0 spiro atoms. The van der Waals surface area contributed by atoms with E-state index in [0.29, 0.717) is 11.1 Å². The third kappa shape index (κ3) is 2.26. The van der Waals surface area contributed by atoms with Crippen LogP contribution in [0.3, 0.4) is 0 Å². The molecule has 1 aromatic carbocycles. The number of nitrogen functional groups attached to an aromatic ring is 1. The van der Waals surface area contributed by atoms with Crippen LogP contribution in [0.4, 0.5) is 10.2 Å². The molecular formula is C12H8ClFN2O2. The van der Waals surface area contributed by atoms with Crippen molar-refractivity contribution in [1.82, 2.24) is 4.98 Å². The Labute approximate surface area is 107 Å². The fourth-order valence-electron chi connectivity index (χ4n) is 1.54. The Morgan fingerprint density at radius 2 is 2.11 bits per heavy atom. The average molecular weight is 267 g/mol. The van der Waals surface area contributed by atoms with Crippen molar-refractivity contribution in [3.63, 3.8) is 0 Å². The van der Waals surface area contributed by atoms with Gasteiger partial charge in [-0.25, -0.2) is 14.2 Å². The predicted molar refractivity (Wildman–Crippen MR) is 66.0 cm³/mol. The smallest absolute Gasteiger partial charge is 0.336 e. The number of benzene rings is 1. The van der Waals surface area contributed by atoms with Crippen LogP contribution in [-0.4, -0.2) is 16.1 Å². The third-order valence-electron chi connectivity index (χ3n) is 2.39. The number of aromatic nitrogens is 1. The van der Waals surface area contributed by atoms with Crippen LogP contribution >= 0.6 is 11.6 Å². The quantitative estimate of drug-likeness (QED) is 0.876. The lowest BCUT2D eigenvalue weighted by molar-refractivity contribution is 0.0697. The number of hydrogen-bond donors (Lipinski definition) is 2. The summed E-state index contributed by atoms with van der Waals surface area (Å²) in [6.45, 7) is 0. The molecule has 0 aliphatic rings. The minimum Gasteiger partial charge on any atom is -0.478 e. The summed E-state index contributed by atoms with van der Waals surface area (Å²) in [4.78, 5) is 14.9. The highest BCUT2D eigenvalue weighted by atomic mass is 35.5. The standard InChI is InChI=1S/C12H8ClFN2O2/c13-9-3-6(1-2-10(9)14)8-5-16-11(15)4-7(8)12(17)18/h1-5H,(H2,15,16)(H,17,18). The van der Waals surface area contributed by atoms with Crippen LogP contribution in [0.15, 0.2) is 30.5 Å². The van der Waals surface area contributed by atoms with E-state index in [1.807, 2.05) is 0 Å². The molecule has 0 amide bonds. The van der Waals surface area contributed by atoms with Crippen molar-refractivity contribution < 1.29 is 14.3 Å². The van der Waals surface area contributed by atoms with Gasteiger partial charge in [0.1, 0.15) is 11.6 Å². The van der Waals surface area contributed by atoms with Crippen LogP contribution < -0.4 is 5.73 Å². The highest BCUT2D eigenvalue weighted by Crippen LogP contribution is 2.28. The maximum Gasteiger partial charge on any atom is 0.336 e. The summed E-state index contributed by atoms with van der Waals surface area (Å²) < 4.78 is 13.1. The topological polar surface area (TPSA) is 76.2 Å². The second-order valence-electron chi connectivity index (χ2n) is 3.59. The van der Waals surface area contributed by atoms with Gasteiger partial charge < -0.3 is 10.8 Å². The molecule has 18 heavy (non-hydrogen) atoms. The zero-order valence-electron chi connectivity index (χ0n) is 9.02. The van der Waals surface area contributed by atoms with Gasteiger partial charge in [0.2, 0.25) is 0 Å². The molecule has 0 radical (unpaired) electrons. The minimum atomic E-state index is -1.14. The molecule has 1 heterocycles. The Bertz CT molecular complexity index is 631. The van der Waals surface area contributed by atoms with Gasteiger partial charge in [-0.2, -0.15) is 0 Å². The van der Waals surface area contributed by atoms with Gasteiger partial charge in [0.25, 0.3) is 0 Å². The lowest BCUT2D eigenvalue weighted by Gasteiger charge is -2.07. The molecule has 4 nitrogen and oxygen atoms in total. The predicted octanol–water partition coefficient (Wildman–Crippen LogP) is 2.82. The summed E-state index contributed by atoms with van der Waals surface area (Å²) in [6.07, 6.45) is 1.32. The summed E-state index contributed by atoms with van der Waals surface area (Å²) >= 11 is 5.66. The Kier molecular flexibility index (Phi) is 3.16. The Morgan fingerprint density at radius 1 is 1.39 bits per heavy atom. The second kappa shape index (κ2) is 4.62. The van der Waals surface area contributed by atoms with E-state index in [4.69, 9.17) is 22.4 Å². The summed E-state index contributed by atoms with van der Waals surface area (Å²) in [6, 6.07) is 5.19. The summed E-state index contributed by atoms with van der Waals surface area (Å²) in [5.74, 6) is -1.61. The molecule has 3 N–H and O–H groups in total. The molecule has 0 saturated heterocycles. The van der Waals surface area contributed by atoms with Crippen molar-refractivity contribution in [3.8, 4) is 11.1 Å². The zero-order valence-corrected chi connectivity index (χ0v) is 9.78. The molecule has 0 saturated carbocycles. The van der Waals surface area contributed by atoms with Gasteiger partial charge >= 0.3 is 5.97 Å². The van der Waals surface area contributed by atoms with Crippen LogP contribution in [0.25, 0.3) is 11.1 Å². The normalized spacial score (nSPS) is 10.3. The summed E-state index contributed by atoms with van der Waals surface area (Å²) in [5, 5.41) is 9.00. The van der Waals surface area contributed by atoms with Gasteiger partial charge in [0.05, 0.1) is 10.6 Å². The summed E-state index contributed by atoms with van der Waals surface area (Å²) in [7, 11) is 0. The molecule has 2 rings (SSSR count). The molecule has 2 aromatic rings. The lowest BCUT2D eigenvalue weighted by atomic mass is 10.0. The molecule has 0 bridgehead atoms. The van der Waals surface area contributed by atoms with E-state index in [1.165, 1.54) is 30.5 Å². The molecule has 0 atom stereocenters. The van der Waals surface area contributed by atoms with Gasteiger partial charge in [-0.1, -0.05) is 17.7 Å². The number of anilines is 1. The number of nitrogens with two attached hydrogens (primary N) is 1. The highest BCUT2D eigenvalue weighted by Gasteiger charge is 2.14. The first-order valence-electron chi connectivity index (χ1n) is 4.93. The molecule has 6 heteroatoms. The number of hydrogen-bond acceptors (Lipinski definition) is 3. The van der Waals surface area contributed by atoms with Crippen LogP contribution in [0.1, 0.15) is 10.4 Å². The lowest BCUT2D eigenvalue weighted by Crippen LogP contribution is -2.03. The first-order valence-corrected chi connectivity index (χ1v) is 5.31. The third-order valence-corrected chi connectivity index (χ3v) is 2.68. The second-order valence-corrected chi connectivity index (χ2v) is 4.00. The van der Waals surface area contributed by atoms with Crippen molar-refractivity contribution in [2.75, 3.05) is 5.73 Å². The number of aromatic carboxylic acids is 1. The van der Waals surface area contributed by atoms with Gasteiger partial charge in [0.15, 0.2) is 0 Å². The fraction of sp³-hybridized carbons (Fsp3) is 0. The van der Waals surface area contributed by atoms with Crippen molar-refractivity contribution in [2.24, 2.45) is 0 Å². The number of nitrogens with zero attached hydrogens (tertiary/aromatic N) is 1. The van der Waals surface area contributed by atoms with Crippen molar-refractivity contribution in [2.45, 2.75) is 0 Å². The van der Waals surface area contributed by atoms with E-state index < -0.39 is 11.8 Å². The number of halogens is 2. The molecule has 0 fully saturated rings. The monoisotopic (exact) mass is 266 g/mol. The largest absolute Gasteiger partial charge is 0.478 e. The van der Waals surface area contributed by atoms with Crippen LogP contribution in [0.2, 0.25) is 5.02 Å². The molecular weight excluding hydrogens is 259 g/mol. The number of carboxylic acids is 1. The Balaban J connectivity index is 2.63. The zero-order chi connectivity index (χ0) is 13.3. The average Bonchev–Trinajstić information content (AvgIpc) is 2.32. The maximum absolute atomic E-state index is 13.1. The van der Waals surface area contributed by atoms with Gasteiger partial charge in [-0.15, -0.1) is 0 Å². The van der Waals surface area contributed by atoms with Crippen LogP contribution in [-0.2, 0) is 0 Å². The van der Waals surface area contributed by atoms with Crippen molar-refractivity contribution in [3.05, 3.63) is 46.9 Å². The Morgan fingerprint density at radius 3 is 2.72 bits per heavy atom. The number of pyridine rings is 1. The van der Waals surface area contributed by atoms with Crippen LogP contribution in [0, 0.1) is 5.82 Å². The van der Waals surface area contributed by atoms with Crippen LogP contribution in [0.5, 0.6) is 0 Å². The molecule has 92 valence electrons. The van der Waals surface area contributed by atoms with E-state index >= 15 is 0 Å². The molecule has 0 aliphatic heterocycles. The SMILES string of the molecule is Nc1cc(C(=O)O)c(-c2ccc(F)c(Cl)c2)cn1. The Hall–Kier alpha value is -2.14. The molecule has 0 aliphatic carbocycles.